The van der Waals surface area contributed by atoms with Crippen molar-refractivity contribution in [2.75, 3.05) is 10.6 Å². The van der Waals surface area contributed by atoms with Gasteiger partial charge in [0.1, 0.15) is 11.4 Å². The molecule has 0 spiro atoms. The van der Waals surface area contributed by atoms with Crippen LogP contribution in [-0.4, -0.2) is 11.7 Å². The number of benzene rings is 1. The monoisotopic (exact) mass is 414 g/mol. The third-order valence-electron chi connectivity index (χ3n) is 2.60. The van der Waals surface area contributed by atoms with Gasteiger partial charge in [-0.15, -0.1) is 0 Å². The van der Waals surface area contributed by atoms with Crippen LogP contribution in [0.4, 0.5) is 16.2 Å². The second-order valence-corrected chi connectivity index (χ2v) is 6.83. The Morgan fingerprint density at radius 2 is 1.95 bits per heavy atom. The Kier molecular flexibility index (Phi) is 5.33. The van der Waals surface area contributed by atoms with Gasteiger partial charge in [-0.05, 0) is 73.7 Å². The van der Waals surface area contributed by atoms with Crippen molar-refractivity contribution in [1.82, 2.24) is 0 Å². The van der Waals surface area contributed by atoms with Gasteiger partial charge in [0.25, 0.3) is 0 Å². The Labute approximate surface area is 143 Å². The zero-order valence-electron chi connectivity index (χ0n) is 12.8. The molecule has 0 aliphatic heterocycles. The minimum Gasteiger partial charge on any atom is -0.454 e. The summed E-state index contributed by atoms with van der Waals surface area (Å²) in [5, 5.41) is 5.96. The summed E-state index contributed by atoms with van der Waals surface area (Å²) < 4.78 is 11.6. The number of carbonyl (C=O) groups excluding carboxylic acids is 1. The fraction of sp³-hybridized carbons (Fsp3) is 0.312. The average molecular weight is 414 g/mol. The van der Waals surface area contributed by atoms with Gasteiger partial charge in [0.15, 0.2) is 3.77 Å². The summed E-state index contributed by atoms with van der Waals surface area (Å²) in [7, 11) is 0. The van der Waals surface area contributed by atoms with Crippen molar-refractivity contribution in [1.29, 1.82) is 0 Å². The van der Waals surface area contributed by atoms with Crippen LogP contribution >= 0.6 is 22.6 Å². The maximum atomic E-state index is 11.8. The van der Waals surface area contributed by atoms with Gasteiger partial charge in [0.2, 0.25) is 0 Å². The van der Waals surface area contributed by atoms with Gasteiger partial charge in [-0.25, -0.2) is 4.79 Å². The highest BCUT2D eigenvalue weighted by atomic mass is 127. The molecule has 0 atom stereocenters. The number of carbonyl (C=O) groups is 1. The molecule has 5 nitrogen and oxygen atoms in total. The van der Waals surface area contributed by atoms with E-state index in [4.69, 9.17) is 9.15 Å². The van der Waals surface area contributed by atoms with Crippen molar-refractivity contribution in [3.63, 3.8) is 0 Å². The molecule has 0 bridgehead atoms. The smallest absolute Gasteiger partial charge is 0.412 e. The molecule has 2 rings (SSSR count). The Morgan fingerprint density at radius 1 is 1.23 bits per heavy atom. The highest BCUT2D eigenvalue weighted by Gasteiger charge is 2.16. The highest BCUT2D eigenvalue weighted by Crippen LogP contribution is 2.18. The van der Waals surface area contributed by atoms with E-state index in [-0.39, 0.29) is 0 Å². The van der Waals surface area contributed by atoms with E-state index in [9.17, 15) is 4.79 Å². The molecular weight excluding hydrogens is 395 g/mol. The minimum atomic E-state index is -0.517. The van der Waals surface area contributed by atoms with Crippen molar-refractivity contribution < 1.29 is 13.9 Å². The maximum absolute atomic E-state index is 11.8. The molecule has 0 aliphatic carbocycles. The molecule has 0 radical (unpaired) electrons. The van der Waals surface area contributed by atoms with E-state index >= 15 is 0 Å². The van der Waals surface area contributed by atoms with E-state index in [1.54, 1.807) is 0 Å². The van der Waals surface area contributed by atoms with E-state index in [1.165, 1.54) is 0 Å². The average Bonchev–Trinajstić information content (AvgIpc) is 2.80. The predicted octanol–water partition coefficient (Wildman–Crippen LogP) is 4.84. The van der Waals surface area contributed by atoms with E-state index in [0.717, 1.165) is 15.2 Å². The molecule has 2 aromatic rings. The van der Waals surface area contributed by atoms with E-state index in [1.807, 2.05) is 57.2 Å². The number of rotatable bonds is 4. The molecule has 1 aromatic heterocycles. The first-order valence-electron chi connectivity index (χ1n) is 6.90. The Bertz CT molecular complexity index is 647. The second kappa shape index (κ2) is 7.04. The van der Waals surface area contributed by atoms with Crippen LogP contribution in [0.15, 0.2) is 40.8 Å². The van der Waals surface area contributed by atoms with Crippen LogP contribution in [0.25, 0.3) is 0 Å². The van der Waals surface area contributed by atoms with Crippen molar-refractivity contribution in [3.8, 4) is 0 Å². The Balaban J connectivity index is 1.93. The standard InChI is InChI=1S/C16H19IN2O3/c1-16(2,3)22-15(20)19-12-6-4-5-11(9-12)18-10-13-7-8-14(17)21-13/h4-9,18H,10H2,1-3H3,(H,19,20). The molecule has 6 heteroatoms. The third-order valence-corrected chi connectivity index (χ3v) is 3.18. The molecule has 1 amide bonds. The van der Waals surface area contributed by atoms with Crippen LogP contribution in [0.1, 0.15) is 26.5 Å². The van der Waals surface area contributed by atoms with Gasteiger partial charge in [-0.3, -0.25) is 5.32 Å². The van der Waals surface area contributed by atoms with E-state index in [0.29, 0.717) is 12.2 Å². The lowest BCUT2D eigenvalue weighted by atomic mass is 10.2. The fourth-order valence-electron chi connectivity index (χ4n) is 1.76. The molecule has 0 aliphatic rings. The molecule has 0 saturated heterocycles. The number of hydrogen-bond donors (Lipinski definition) is 2. The van der Waals surface area contributed by atoms with Gasteiger partial charge in [0, 0.05) is 11.4 Å². The Hall–Kier alpha value is -1.70. The van der Waals surface area contributed by atoms with E-state index in [2.05, 4.69) is 33.2 Å². The number of hydrogen-bond acceptors (Lipinski definition) is 4. The van der Waals surface area contributed by atoms with Crippen LogP contribution < -0.4 is 10.6 Å². The van der Waals surface area contributed by atoms with Gasteiger partial charge in [0.05, 0.1) is 6.54 Å². The molecule has 22 heavy (non-hydrogen) atoms. The zero-order chi connectivity index (χ0) is 16.2. The maximum Gasteiger partial charge on any atom is 0.412 e. The summed E-state index contributed by atoms with van der Waals surface area (Å²) in [6.45, 7) is 6.07. The lowest BCUT2D eigenvalue weighted by Gasteiger charge is -2.19. The number of amides is 1. The van der Waals surface area contributed by atoms with Crippen molar-refractivity contribution >= 4 is 40.1 Å². The van der Waals surface area contributed by atoms with Gasteiger partial charge in [-0.1, -0.05) is 6.07 Å². The quantitative estimate of drug-likeness (QED) is 0.703. The molecule has 1 aromatic carbocycles. The number of anilines is 2. The number of halogens is 1. The molecule has 0 unspecified atom stereocenters. The van der Waals surface area contributed by atoms with Gasteiger partial charge in [-0.2, -0.15) is 0 Å². The molecule has 0 saturated carbocycles. The van der Waals surface area contributed by atoms with Crippen molar-refractivity contribution in [3.05, 3.63) is 45.9 Å². The summed E-state index contributed by atoms with van der Waals surface area (Å²) in [6.07, 6.45) is -0.467. The molecule has 2 N–H and O–H groups in total. The summed E-state index contributed by atoms with van der Waals surface area (Å²) in [6, 6.07) is 11.3. The third kappa shape index (κ3) is 5.59. The molecule has 0 fully saturated rings. The molecular formula is C16H19IN2O3. The summed E-state index contributed by atoms with van der Waals surface area (Å²) in [5.74, 6) is 0.856. The lowest BCUT2D eigenvalue weighted by molar-refractivity contribution is 0.0636. The number of ether oxygens (including phenoxy) is 1. The number of nitrogens with one attached hydrogen (secondary N) is 2. The van der Waals surface area contributed by atoms with Crippen LogP contribution in [0, 0.1) is 3.77 Å². The summed E-state index contributed by atoms with van der Waals surface area (Å²) >= 11 is 2.13. The first kappa shape index (κ1) is 16.7. The lowest BCUT2D eigenvalue weighted by Crippen LogP contribution is -2.27. The normalized spacial score (nSPS) is 11.1. The van der Waals surface area contributed by atoms with Crippen LogP contribution in [0.3, 0.4) is 0 Å². The van der Waals surface area contributed by atoms with Gasteiger partial charge < -0.3 is 14.5 Å². The fourth-order valence-corrected chi connectivity index (χ4v) is 2.23. The summed E-state index contributed by atoms with van der Waals surface area (Å²) in [5.41, 5.74) is 1.05. The molecule has 1 heterocycles. The van der Waals surface area contributed by atoms with Crippen LogP contribution in [0.2, 0.25) is 0 Å². The SMILES string of the molecule is CC(C)(C)OC(=O)Nc1cccc(NCc2ccc(I)o2)c1. The highest BCUT2D eigenvalue weighted by molar-refractivity contribution is 14.1. The second-order valence-electron chi connectivity index (χ2n) is 5.77. The largest absolute Gasteiger partial charge is 0.454 e. The van der Waals surface area contributed by atoms with E-state index < -0.39 is 11.7 Å². The molecule has 118 valence electrons. The predicted molar refractivity (Wildman–Crippen MR) is 95.1 cm³/mol. The topological polar surface area (TPSA) is 63.5 Å². The first-order chi connectivity index (χ1) is 10.3. The zero-order valence-corrected chi connectivity index (χ0v) is 14.9. The minimum absolute atomic E-state index is 0.467. The van der Waals surface area contributed by atoms with Crippen LogP contribution in [0.5, 0.6) is 0 Å². The van der Waals surface area contributed by atoms with Crippen molar-refractivity contribution in [2.24, 2.45) is 0 Å². The van der Waals surface area contributed by atoms with Gasteiger partial charge >= 0.3 is 6.09 Å². The Morgan fingerprint density at radius 3 is 2.59 bits per heavy atom. The first-order valence-corrected chi connectivity index (χ1v) is 7.98. The summed E-state index contributed by atoms with van der Waals surface area (Å²) in [4.78, 5) is 11.8. The number of furan rings is 1. The van der Waals surface area contributed by atoms with Crippen molar-refractivity contribution in [2.45, 2.75) is 32.9 Å². The van der Waals surface area contributed by atoms with Crippen LogP contribution in [-0.2, 0) is 11.3 Å².